The molecule has 0 fully saturated rings. The van der Waals surface area contributed by atoms with Crippen LogP contribution in [0.15, 0.2) is 30.3 Å². The molecule has 1 N–H and O–H groups in total. The van der Waals surface area contributed by atoms with E-state index in [0.717, 1.165) is 6.42 Å². The van der Waals surface area contributed by atoms with Crippen molar-refractivity contribution in [3.05, 3.63) is 35.9 Å². The molecule has 4 heteroatoms. The van der Waals surface area contributed by atoms with Crippen LogP contribution in [-0.2, 0) is 4.79 Å². The molecule has 0 spiro atoms. The minimum Gasteiger partial charge on any atom is -0.337 e. The van der Waals surface area contributed by atoms with Crippen molar-refractivity contribution in [3.8, 4) is 0 Å². The topological polar surface area (TPSA) is 46.2 Å². The lowest BCUT2D eigenvalue weighted by atomic mass is 10.1. The number of benzene rings is 1. The third-order valence-corrected chi connectivity index (χ3v) is 2.70. The molecule has 0 aliphatic rings. The largest absolute Gasteiger partial charge is 0.337 e. The highest BCUT2D eigenvalue weighted by atomic mass is 79.9. The Balaban J connectivity index is 2.58. The second-order valence-corrected chi connectivity index (χ2v) is 4.33. The molecule has 0 heterocycles. The van der Waals surface area contributed by atoms with E-state index >= 15 is 0 Å². The van der Waals surface area contributed by atoms with E-state index in [0.29, 0.717) is 12.0 Å². The first kappa shape index (κ1) is 12.9. The lowest BCUT2D eigenvalue weighted by molar-refractivity contribution is -0.121. The van der Waals surface area contributed by atoms with Crippen molar-refractivity contribution >= 4 is 27.6 Å². The second-order valence-electron chi connectivity index (χ2n) is 3.41. The van der Waals surface area contributed by atoms with E-state index < -0.39 is 4.95 Å². The molecular weight excluding hydrogens is 270 g/mol. The lowest BCUT2D eigenvalue weighted by Gasteiger charge is -2.10. The van der Waals surface area contributed by atoms with Crippen LogP contribution in [0.4, 0.5) is 0 Å². The minimum atomic E-state index is -0.644. The summed E-state index contributed by atoms with van der Waals surface area (Å²) >= 11 is 3.17. The average Bonchev–Trinajstić information content (AvgIpc) is 2.29. The van der Waals surface area contributed by atoms with Gasteiger partial charge in [-0.15, -0.1) is 0 Å². The van der Waals surface area contributed by atoms with E-state index in [1.807, 2.05) is 13.0 Å². The Morgan fingerprint density at radius 3 is 2.50 bits per heavy atom. The van der Waals surface area contributed by atoms with Crippen LogP contribution in [0.25, 0.3) is 0 Å². The van der Waals surface area contributed by atoms with Crippen molar-refractivity contribution in [2.24, 2.45) is 0 Å². The summed E-state index contributed by atoms with van der Waals surface area (Å²) in [6, 6.07) is 8.88. The van der Waals surface area contributed by atoms with Crippen LogP contribution in [0, 0.1) is 0 Å². The van der Waals surface area contributed by atoms with Gasteiger partial charge in [0, 0.05) is 12.0 Å². The van der Waals surface area contributed by atoms with Gasteiger partial charge in [0.1, 0.15) is 4.95 Å². The molecule has 1 aromatic carbocycles. The molecule has 1 atom stereocenters. The SMILES string of the molecule is CCCC(=O)NC(Br)C(=O)c1ccccc1. The molecule has 0 saturated carbocycles. The molecule has 86 valence electrons. The van der Waals surface area contributed by atoms with E-state index in [1.165, 1.54) is 0 Å². The van der Waals surface area contributed by atoms with Crippen molar-refractivity contribution in [2.45, 2.75) is 24.7 Å². The van der Waals surface area contributed by atoms with Crippen molar-refractivity contribution in [3.63, 3.8) is 0 Å². The van der Waals surface area contributed by atoms with Gasteiger partial charge in [-0.1, -0.05) is 53.2 Å². The van der Waals surface area contributed by atoms with Crippen LogP contribution in [0.3, 0.4) is 0 Å². The Labute approximate surface area is 103 Å². The Morgan fingerprint density at radius 2 is 1.94 bits per heavy atom. The first-order chi connectivity index (χ1) is 7.65. The minimum absolute atomic E-state index is 0.117. The predicted molar refractivity (Wildman–Crippen MR) is 66.5 cm³/mol. The average molecular weight is 284 g/mol. The molecule has 1 aromatic rings. The Bertz CT molecular complexity index is 365. The van der Waals surface area contributed by atoms with Gasteiger partial charge in [0.2, 0.25) is 5.91 Å². The van der Waals surface area contributed by atoms with E-state index in [4.69, 9.17) is 0 Å². The van der Waals surface area contributed by atoms with Gasteiger partial charge >= 0.3 is 0 Å². The maximum atomic E-state index is 11.8. The van der Waals surface area contributed by atoms with Crippen LogP contribution in [0.2, 0.25) is 0 Å². The van der Waals surface area contributed by atoms with Crippen molar-refractivity contribution < 1.29 is 9.59 Å². The molecule has 3 nitrogen and oxygen atoms in total. The fourth-order valence-electron chi connectivity index (χ4n) is 1.25. The molecule has 0 aliphatic heterocycles. The zero-order valence-corrected chi connectivity index (χ0v) is 10.7. The van der Waals surface area contributed by atoms with E-state index in [1.54, 1.807) is 24.3 Å². The van der Waals surface area contributed by atoms with E-state index in [2.05, 4.69) is 21.2 Å². The molecule has 1 unspecified atom stereocenters. The van der Waals surface area contributed by atoms with E-state index in [-0.39, 0.29) is 11.7 Å². The summed E-state index contributed by atoms with van der Waals surface area (Å²) in [6.45, 7) is 1.92. The molecule has 0 aliphatic carbocycles. The zero-order valence-electron chi connectivity index (χ0n) is 9.07. The zero-order chi connectivity index (χ0) is 12.0. The smallest absolute Gasteiger partial charge is 0.221 e. The number of hydrogen-bond acceptors (Lipinski definition) is 2. The standard InChI is InChI=1S/C12H14BrNO2/c1-2-6-10(15)14-12(13)11(16)9-7-4-3-5-8-9/h3-5,7-8,12H,2,6H2,1H3,(H,14,15). The summed E-state index contributed by atoms with van der Waals surface area (Å²) in [5, 5.41) is 2.61. The third-order valence-electron chi connectivity index (χ3n) is 2.05. The van der Waals surface area contributed by atoms with Crippen molar-refractivity contribution in [1.29, 1.82) is 0 Å². The summed E-state index contributed by atoms with van der Waals surface area (Å²) in [4.78, 5) is 22.5. The predicted octanol–water partition coefficient (Wildman–Crippen LogP) is 2.51. The molecule has 0 aromatic heterocycles. The maximum Gasteiger partial charge on any atom is 0.221 e. The van der Waals surface area contributed by atoms with Crippen molar-refractivity contribution in [2.75, 3.05) is 0 Å². The quantitative estimate of drug-likeness (QED) is 0.513. The molecule has 1 amide bonds. The molecule has 16 heavy (non-hydrogen) atoms. The number of nitrogens with one attached hydrogen (secondary N) is 1. The number of carbonyl (C=O) groups is 2. The van der Waals surface area contributed by atoms with Gasteiger partial charge in [-0.25, -0.2) is 0 Å². The van der Waals surface area contributed by atoms with Crippen molar-refractivity contribution in [1.82, 2.24) is 5.32 Å². The molecule has 0 radical (unpaired) electrons. The summed E-state index contributed by atoms with van der Waals surface area (Å²) in [6.07, 6.45) is 1.20. The fourth-order valence-corrected chi connectivity index (χ4v) is 1.77. The molecular formula is C12H14BrNO2. The Morgan fingerprint density at radius 1 is 1.31 bits per heavy atom. The van der Waals surface area contributed by atoms with Gasteiger partial charge in [0.15, 0.2) is 5.78 Å². The molecule has 0 saturated heterocycles. The number of Topliss-reactive ketones (excluding diaryl/α,β-unsaturated/α-hetero) is 1. The van der Waals surface area contributed by atoms with Crippen LogP contribution < -0.4 is 5.32 Å². The van der Waals surface area contributed by atoms with Gasteiger partial charge in [0.25, 0.3) is 0 Å². The summed E-state index contributed by atoms with van der Waals surface area (Å²) in [5.74, 6) is -0.251. The number of hydrogen-bond donors (Lipinski definition) is 1. The summed E-state index contributed by atoms with van der Waals surface area (Å²) in [7, 11) is 0. The summed E-state index contributed by atoms with van der Waals surface area (Å²) < 4.78 is 0. The van der Waals surface area contributed by atoms with Crippen LogP contribution >= 0.6 is 15.9 Å². The van der Waals surface area contributed by atoms with Gasteiger partial charge in [0.05, 0.1) is 0 Å². The monoisotopic (exact) mass is 283 g/mol. The maximum absolute atomic E-state index is 11.8. The van der Waals surface area contributed by atoms with Gasteiger partial charge in [-0.05, 0) is 6.42 Å². The molecule has 1 rings (SSSR count). The van der Waals surface area contributed by atoms with E-state index in [9.17, 15) is 9.59 Å². The first-order valence-electron chi connectivity index (χ1n) is 5.18. The van der Waals surface area contributed by atoms with Gasteiger partial charge in [-0.2, -0.15) is 0 Å². The first-order valence-corrected chi connectivity index (χ1v) is 6.09. The number of ketones is 1. The van der Waals surface area contributed by atoms with Gasteiger partial charge in [-0.3, -0.25) is 9.59 Å². The number of rotatable bonds is 5. The van der Waals surface area contributed by atoms with Gasteiger partial charge < -0.3 is 5.32 Å². The number of halogens is 1. The number of amides is 1. The normalized spacial score (nSPS) is 11.9. The highest BCUT2D eigenvalue weighted by Crippen LogP contribution is 2.08. The van der Waals surface area contributed by atoms with Crippen LogP contribution in [0.5, 0.6) is 0 Å². The van der Waals surface area contributed by atoms with Crippen LogP contribution in [-0.4, -0.2) is 16.6 Å². The lowest BCUT2D eigenvalue weighted by Crippen LogP contribution is -2.36. The third kappa shape index (κ3) is 3.77. The Hall–Kier alpha value is -1.16. The highest BCUT2D eigenvalue weighted by molar-refractivity contribution is 9.10. The summed E-state index contributed by atoms with van der Waals surface area (Å²) in [5.41, 5.74) is 0.584. The Kier molecular flexibility index (Phi) is 5.19. The number of alkyl halides is 1. The fraction of sp³-hybridized carbons (Fsp3) is 0.333. The highest BCUT2D eigenvalue weighted by Gasteiger charge is 2.17. The number of carbonyl (C=O) groups excluding carboxylic acids is 2. The molecule has 0 bridgehead atoms. The second kappa shape index (κ2) is 6.43. The van der Waals surface area contributed by atoms with Crippen LogP contribution in [0.1, 0.15) is 30.1 Å².